The third kappa shape index (κ3) is 4.02. The first-order valence-electron chi connectivity index (χ1n) is 10.3. The zero-order valence-electron chi connectivity index (χ0n) is 18.3. The van der Waals surface area contributed by atoms with E-state index in [-0.39, 0.29) is 17.0 Å². The Kier molecular flexibility index (Phi) is 5.57. The summed E-state index contributed by atoms with van der Waals surface area (Å²) in [6.45, 7) is 3.75. The van der Waals surface area contributed by atoms with Gasteiger partial charge in [0, 0.05) is 12.7 Å². The molecule has 1 aliphatic heterocycles. The number of amides is 2. The second-order valence-corrected chi connectivity index (χ2v) is 7.93. The van der Waals surface area contributed by atoms with E-state index in [1.165, 1.54) is 12.1 Å². The number of nitrogens with zero attached hydrogens (tertiary/aromatic N) is 2. The molecular formula is C26H21F3N2O2. The summed E-state index contributed by atoms with van der Waals surface area (Å²) in [5, 5.41) is 0. The molecule has 168 valence electrons. The Hall–Kier alpha value is -3.87. The van der Waals surface area contributed by atoms with Crippen LogP contribution in [0.4, 0.5) is 24.5 Å². The van der Waals surface area contributed by atoms with Gasteiger partial charge in [-0.05, 0) is 55.3 Å². The average molecular weight is 450 g/mol. The predicted octanol–water partition coefficient (Wildman–Crippen LogP) is 5.74. The van der Waals surface area contributed by atoms with Gasteiger partial charge in [0.15, 0.2) is 0 Å². The van der Waals surface area contributed by atoms with Crippen molar-refractivity contribution in [3.05, 3.63) is 101 Å². The molecule has 0 saturated carbocycles. The van der Waals surface area contributed by atoms with Gasteiger partial charge in [0.05, 0.1) is 16.8 Å². The largest absolute Gasteiger partial charge is 0.416 e. The van der Waals surface area contributed by atoms with Gasteiger partial charge in [-0.2, -0.15) is 13.2 Å². The summed E-state index contributed by atoms with van der Waals surface area (Å²) in [6.07, 6.45) is -4.60. The van der Waals surface area contributed by atoms with Gasteiger partial charge in [-0.3, -0.25) is 9.59 Å². The molecular weight excluding hydrogens is 429 g/mol. The number of hydrogen-bond acceptors (Lipinski definition) is 3. The Morgan fingerprint density at radius 1 is 0.818 bits per heavy atom. The first-order valence-corrected chi connectivity index (χ1v) is 10.3. The molecule has 0 radical (unpaired) electrons. The van der Waals surface area contributed by atoms with Crippen molar-refractivity contribution in [2.45, 2.75) is 20.0 Å². The van der Waals surface area contributed by atoms with Crippen LogP contribution in [0.5, 0.6) is 0 Å². The fourth-order valence-corrected chi connectivity index (χ4v) is 4.00. The number of likely N-dealkylation sites (N-methyl/N-ethyl adjacent to an activating group) is 1. The highest BCUT2D eigenvalue weighted by atomic mass is 19.4. The van der Waals surface area contributed by atoms with Gasteiger partial charge in [-0.15, -0.1) is 0 Å². The van der Waals surface area contributed by atoms with Gasteiger partial charge in [-0.25, -0.2) is 4.90 Å². The summed E-state index contributed by atoms with van der Waals surface area (Å²) >= 11 is 0. The van der Waals surface area contributed by atoms with E-state index in [9.17, 15) is 22.8 Å². The molecule has 0 aromatic heterocycles. The SMILES string of the molecule is Cc1ccc(C2=C(N(C)c3ccccc3)C(=O)N(c3cccc(C(F)(F)F)c3)C2=O)c(C)c1. The summed E-state index contributed by atoms with van der Waals surface area (Å²) in [7, 11) is 1.66. The van der Waals surface area contributed by atoms with E-state index in [0.717, 1.165) is 28.2 Å². The van der Waals surface area contributed by atoms with Crippen LogP contribution in [0.25, 0.3) is 5.57 Å². The molecule has 0 fully saturated rings. The van der Waals surface area contributed by atoms with Crippen molar-refractivity contribution in [1.29, 1.82) is 0 Å². The Morgan fingerprint density at radius 2 is 1.52 bits per heavy atom. The number of anilines is 2. The maximum absolute atomic E-state index is 13.6. The van der Waals surface area contributed by atoms with Crippen LogP contribution in [0, 0.1) is 13.8 Å². The number of benzene rings is 3. The Morgan fingerprint density at radius 3 is 2.15 bits per heavy atom. The van der Waals surface area contributed by atoms with E-state index in [1.807, 2.05) is 32.0 Å². The number of imide groups is 1. The van der Waals surface area contributed by atoms with Crippen LogP contribution < -0.4 is 9.80 Å². The third-order valence-corrected chi connectivity index (χ3v) is 5.62. The fourth-order valence-electron chi connectivity index (χ4n) is 4.00. The van der Waals surface area contributed by atoms with Crippen LogP contribution in [0.2, 0.25) is 0 Å². The lowest BCUT2D eigenvalue weighted by Gasteiger charge is -2.22. The number of halogens is 3. The van der Waals surface area contributed by atoms with E-state index in [0.29, 0.717) is 11.3 Å². The highest BCUT2D eigenvalue weighted by molar-refractivity contribution is 6.46. The number of hydrogen-bond donors (Lipinski definition) is 0. The van der Waals surface area contributed by atoms with Crippen molar-refractivity contribution in [2.75, 3.05) is 16.8 Å². The molecule has 0 atom stereocenters. The third-order valence-electron chi connectivity index (χ3n) is 5.62. The number of alkyl halides is 3. The summed E-state index contributed by atoms with van der Waals surface area (Å²) in [5.41, 5.74) is 2.21. The number of aryl methyl sites for hydroxylation is 2. The standard InChI is InChI=1S/C26H21F3N2O2/c1-16-12-13-21(17(2)14-16)22-23(30(3)19-9-5-4-6-10-19)25(33)31(24(22)32)20-11-7-8-18(15-20)26(27,28)29/h4-15H,1-3H3. The van der Waals surface area contributed by atoms with Crippen LogP contribution >= 0.6 is 0 Å². The van der Waals surface area contributed by atoms with Crippen molar-refractivity contribution in [3.8, 4) is 0 Å². The first kappa shape index (κ1) is 22.3. The van der Waals surface area contributed by atoms with Crippen LogP contribution in [-0.4, -0.2) is 18.9 Å². The second-order valence-electron chi connectivity index (χ2n) is 7.93. The lowest BCUT2D eigenvalue weighted by molar-refractivity contribution is -0.137. The monoisotopic (exact) mass is 450 g/mol. The fraction of sp³-hybridized carbons (Fsp3) is 0.154. The van der Waals surface area contributed by atoms with E-state index in [2.05, 4.69) is 0 Å². The number of carbonyl (C=O) groups excluding carboxylic acids is 2. The summed E-state index contributed by atoms with van der Waals surface area (Å²) in [4.78, 5) is 29.6. The van der Waals surface area contributed by atoms with Crippen LogP contribution in [-0.2, 0) is 15.8 Å². The van der Waals surface area contributed by atoms with E-state index in [4.69, 9.17) is 0 Å². The van der Waals surface area contributed by atoms with Crippen molar-refractivity contribution >= 4 is 28.8 Å². The molecule has 4 rings (SSSR count). The summed E-state index contributed by atoms with van der Waals surface area (Å²) in [5.74, 6) is -1.34. The molecule has 0 aliphatic carbocycles. The molecule has 7 heteroatoms. The average Bonchev–Trinajstić information content (AvgIpc) is 3.03. The van der Waals surface area contributed by atoms with Crippen molar-refractivity contribution in [1.82, 2.24) is 0 Å². The Balaban J connectivity index is 1.90. The molecule has 1 aliphatic rings. The maximum Gasteiger partial charge on any atom is 0.416 e. The highest BCUT2D eigenvalue weighted by Gasteiger charge is 2.43. The molecule has 1 heterocycles. The maximum atomic E-state index is 13.6. The van der Waals surface area contributed by atoms with Crippen LogP contribution in [0.3, 0.4) is 0 Å². The topological polar surface area (TPSA) is 40.6 Å². The second kappa shape index (κ2) is 8.24. The first-order chi connectivity index (χ1) is 15.6. The molecule has 0 bridgehead atoms. The molecule has 0 spiro atoms. The van der Waals surface area contributed by atoms with Crippen molar-refractivity contribution < 1.29 is 22.8 Å². The van der Waals surface area contributed by atoms with Crippen molar-refractivity contribution in [3.63, 3.8) is 0 Å². The lowest BCUT2D eigenvalue weighted by atomic mass is 9.97. The molecule has 2 amide bonds. The number of carbonyl (C=O) groups is 2. The molecule has 4 nitrogen and oxygen atoms in total. The van der Waals surface area contributed by atoms with Gasteiger partial charge in [-0.1, -0.05) is 48.0 Å². The van der Waals surface area contributed by atoms with E-state index >= 15 is 0 Å². The quantitative estimate of drug-likeness (QED) is 0.476. The van der Waals surface area contributed by atoms with Gasteiger partial charge < -0.3 is 4.90 Å². The number of para-hydroxylation sites is 1. The van der Waals surface area contributed by atoms with Gasteiger partial charge in [0.1, 0.15) is 5.70 Å². The molecule has 0 saturated heterocycles. The molecule has 0 unspecified atom stereocenters. The Bertz CT molecular complexity index is 1280. The normalized spacial score (nSPS) is 14.3. The summed E-state index contributed by atoms with van der Waals surface area (Å²) in [6, 6.07) is 18.7. The van der Waals surface area contributed by atoms with E-state index < -0.39 is 23.6 Å². The minimum Gasteiger partial charge on any atom is -0.339 e. The van der Waals surface area contributed by atoms with Crippen LogP contribution in [0.15, 0.2) is 78.5 Å². The molecule has 33 heavy (non-hydrogen) atoms. The molecule has 3 aromatic carbocycles. The minimum atomic E-state index is -4.60. The smallest absolute Gasteiger partial charge is 0.339 e. The minimum absolute atomic E-state index is 0.107. The van der Waals surface area contributed by atoms with Gasteiger partial charge in [0.25, 0.3) is 11.8 Å². The van der Waals surface area contributed by atoms with Gasteiger partial charge >= 0.3 is 6.18 Å². The zero-order valence-corrected chi connectivity index (χ0v) is 18.3. The van der Waals surface area contributed by atoms with Crippen molar-refractivity contribution in [2.24, 2.45) is 0 Å². The van der Waals surface area contributed by atoms with Gasteiger partial charge in [0.2, 0.25) is 0 Å². The Labute approximate surface area is 189 Å². The lowest BCUT2D eigenvalue weighted by Crippen LogP contribution is -2.34. The number of rotatable bonds is 4. The van der Waals surface area contributed by atoms with Crippen LogP contribution in [0.1, 0.15) is 22.3 Å². The van der Waals surface area contributed by atoms with E-state index in [1.54, 1.807) is 42.3 Å². The molecule has 0 N–H and O–H groups in total. The predicted molar refractivity (Wildman–Crippen MR) is 122 cm³/mol. The molecule has 3 aromatic rings. The summed E-state index contributed by atoms with van der Waals surface area (Å²) < 4.78 is 39.9. The zero-order chi connectivity index (χ0) is 23.9. The highest BCUT2D eigenvalue weighted by Crippen LogP contribution is 2.39.